The molecule has 2 atom stereocenters. The molecule has 0 saturated carbocycles. The van der Waals surface area contributed by atoms with Crippen LogP contribution < -0.4 is 5.32 Å². The highest BCUT2D eigenvalue weighted by atomic mass is 32.2. The van der Waals surface area contributed by atoms with E-state index in [1.807, 2.05) is 0 Å². The quantitative estimate of drug-likeness (QED) is 0.693. The normalized spacial score (nSPS) is 24.3. The number of amides is 1. The van der Waals surface area contributed by atoms with Crippen molar-refractivity contribution in [1.29, 1.82) is 0 Å². The molecule has 7 heteroatoms. The van der Waals surface area contributed by atoms with Gasteiger partial charge in [-0.25, -0.2) is 12.7 Å². The maximum atomic E-state index is 11.7. The van der Waals surface area contributed by atoms with E-state index in [0.29, 0.717) is 19.4 Å². The van der Waals surface area contributed by atoms with E-state index in [-0.39, 0.29) is 24.9 Å². The molecule has 0 bridgehead atoms. The van der Waals surface area contributed by atoms with E-state index in [9.17, 15) is 13.2 Å². The van der Waals surface area contributed by atoms with Gasteiger partial charge in [-0.3, -0.25) is 4.79 Å². The lowest BCUT2D eigenvalue weighted by molar-refractivity contribution is -0.126. The van der Waals surface area contributed by atoms with Gasteiger partial charge in [0.15, 0.2) is 0 Å². The molecule has 17 heavy (non-hydrogen) atoms. The van der Waals surface area contributed by atoms with Crippen molar-refractivity contribution in [3.05, 3.63) is 0 Å². The molecule has 1 aliphatic rings. The molecule has 0 aliphatic carbocycles. The smallest absolute Gasteiger partial charge is 0.224 e. The Balaban J connectivity index is 2.52. The van der Waals surface area contributed by atoms with Crippen LogP contribution in [0.15, 0.2) is 0 Å². The largest absolute Gasteiger partial charge is 0.392 e. The number of carbonyl (C=O) groups excluding carboxylic acids is 1. The first-order valence-corrected chi connectivity index (χ1v) is 7.56. The highest BCUT2D eigenvalue weighted by Crippen LogP contribution is 2.18. The van der Waals surface area contributed by atoms with E-state index in [1.54, 1.807) is 6.92 Å². The molecular weight excluding hydrogens is 244 g/mol. The Labute approximate surface area is 102 Å². The summed E-state index contributed by atoms with van der Waals surface area (Å²) in [6, 6.07) is 0. The minimum atomic E-state index is -3.22. The molecule has 6 nitrogen and oxygen atoms in total. The van der Waals surface area contributed by atoms with Crippen molar-refractivity contribution in [1.82, 2.24) is 9.62 Å². The second-order valence-corrected chi connectivity index (χ2v) is 6.54. The topological polar surface area (TPSA) is 86.7 Å². The molecule has 0 spiro atoms. The van der Waals surface area contributed by atoms with Crippen molar-refractivity contribution in [3.8, 4) is 0 Å². The monoisotopic (exact) mass is 264 g/mol. The van der Waals surface area contributed by atoms with Gasteiger partial charge in [-0.2, -0.15) is 0 Å². The average molecular weight is 264 g/mol. The Kier molecular flexibility index (Phi) is 4.91. The second kappa shape index (κ2) is 5.79. The maximum Gasteiger partial charge on any atom is 0.224 e. The number of aliphatic hydroxyl groups excluding tert-OH is 1. The SMILES string of the molecule is CC(O)CNC(=O)C1CCCN(S(C)(=O)=O)C1. The Morgan fingerprint density at radius 2 is 2.24 bits per heavy atom. The van der Waals surface area contributed by atoms with Gasteiger partial charge in [0.2, 0.25) is 15.9 Å². The number of hydrogen-bond donors (Lipinski definition) is 2. The molecule has 0 radical (unpaired) electrons. The third-order valence-corrected chi connectivity index (χ3v) is 4.07. The molecule has 2 N–H and O–H groups in total. The van der Waals surface area contributed by atoms with E-state index in [0.717, 1.165) is 6.26 Å². The first kappa shape index (κ1) is 14.4. The summed E-state index contributed by atoms with van der Waals surface area (Å²) in [5, 5.41) is 11.7. The number of hydrogen-bond acceptors (Lipinski definition) is 4. The summed E-state index contributed by atoms with van der Waals surface area (Å²) in [4.78, 5) is 11.7. The van der Waals surface area contributed by atoms with Crippen LogP contribution in [0.25, 0.3) is 0 Å². The fraction of sp³-hybridized carbons (Fsp3) is 0.900. The van der Waals surface area contributed by atoms with Crippen molar-refractivity contribution in [2.45, 2.75) is 25.9 Å². The molecule has 100 valence electrons. The molecule has 0 aromatic heterocycles. The fourth-order valence-corrected chi connectivity index (χ4v) is 2.76. The molecule has 1 heterocycles. The zero-order valence-corrected chi connectivity index (χ0v) is 11.0. The predicted molar refractivity (Wildman–Crippen MR) is 63.8 cm³/mol. The first-order valence-electron chi connectivity index (χ1n) is 5.71. The van der Waals surface area contributed by atoms with E-state index < -0.39 is 16.1 Å². The van der Waals surface area contributed by atoms with Crippen LogP contribution in [0.2, 0.25) is 0 Å². The lowest BCUT2D eigenvalue weighted by Gasteiger charge is -2.30. The van der Waals surface area contributed by atoms with Crippen LogP contribution in [0.4, 0.5) is 0 Å². The second-order valence-electron chi connectivity index (χ2n) is 4.55. The summed E-state index contributed by atoms with van der Waals surface area (Å²) < 4.78 is 24.1. The highest BCUT2D eigenvalue weighted by Gasteiger charge is 2.29. The Hall–Kier alpha value is -0.660. The number of carbonyl (C=O) groups is 1. The summed E-state index contributed by atoms with van der Waals surface area (Å²) in [7, 11) is -3.22. The molecular formula is C10H20N2O4S. The first-order chi connectivity index (χ1) is 7.80. The molecule has 1 rings (SSSR count). The number of piperidine rings is 1. The van der Waals surface area contributed by atoms with Crippen molar-refractivity contribution in [2.24, 2.45) is 5.92 Å². The van der Waals surface area contributed by atoms with Gasteiger partial charge in [-0.05, 0) is 19.8 Å². The molecule has 1 saturated heterocycles. The van der Waals surface area contributed by atoms with Gasteiger partial charge >= 0.3 is 0 Å². The van der Waals surface area contributed by atoms with E-state index in [2.05, 4.69) is 5.32 Å². The Morgan fingerprint density at radius 1 is 1.59 bits per heavy atom. The van der Waals surface area contributed by atoms with Crippen molar-refractivity contribution in [3.63, 3.8) is 0 Å². The molecule has 0 aromatic carbocycles. The van der Waals surface area contributed by atoms with Crippen LogP contribution in [0, 0.1) is 5.92 Å². The van der Waals surface area contributed by atoms with E-state index in [4.69, 9.17) is 5.11 Å². The summed E-state index contributed by atoms with van der Waals surface area (Å²) in [6.07, 6.45) is 1.95. The standard InChI is InChI=1S/C10H20N2O4S/c1-8(13)6-11-10(14)9-4-3-5-12(7-9)17(2,15)16/h8-9,13H,3-7H2,1-2H3,(H,11,14). The summed E-state index contributed by atoms with van der Waals surface area (Å²) >= 11 is 0. The molecule has 0 aromatic rings. The van der Waals surface area contributed by atoms with Crippen LogP contribution in [0.3, 0.4) is 0 Å². The summed E-state index contributed by atoms with van der Waals surface area (Å²) in [6.45, 7) is 2.52. The lowest BCUT2D eigenvalue weighted by Crippen LogP contribution is -2.46. The minimum absolute atomic E-state index is 0.181. The molecule has 2 unspecified atom stereocenters. The van der Waals surface area contributed by atoms with Gasteiger partial charge in [0.25, 0.3) is 0 Å². The van der Waals surface area contributed by atoms with Crippen LogP contribution in [-0.2, 0) is 14.8 Å². The number of sulfonamides is 1. The number of rotatable bonds is 4. The van der Waals surface area contributed by atoms with Crippen molar-refractivity contribution in [2.75, 3.05) is 25.9 Å². The summed E-state index contributed by atoms with van der Waals surface area (Å²) in [5.74, 6) is -0.489. The van der Waals surface area contributed by atoms with Crippen LogP contribution in [0.1, 0.15) is 19.8 Å². The number of nitrogens with one attached hydrogen (secondary N) is 1. The fourth-order valence-electron chi connectivity index (χ4n) is 1.85. The Bertz CT molecular complexity index is 367. The highest BCUT2D eigenvalue weighted by molar-refractivity contribution is 7.88. The van der Waals surface area contributed by atoms with Gasteiger partial charge in [-0.1, -0.05) is 0 Å². The third-order valence-electron chi connectivity index (χ3n) is 2.80. The van der Waals surface area contributed by atoms with E-state index in [1.165, 1.54) is 4.31 Å². The van der Waals surface area contributed by atoms with Gasteiger partial charge in [-0.15, -0.1) is 0 Å². The Morgan fingerprint density at radius 3 is 2.76 bits per heavy atom. The number of nitrogens with zero attached hydrogens (tertiary/aromatic N) is 1. The van der Waals surface area contributed by atoms with Crippen molar-refractivity contribution >= 4 is 15.9 Å². The summed E-state index contributed by atoms with van der Waals surface area (Å²) in [5.41, 5.74) is 0. The zero-order valence-electron chi connectivity index (χ0n) is 10.2. The van der Waals surface area contributed by atoms with Gasteiger partial charge < -0.3 is 10.4 Å². The zero-order chi connectivity index (χ0) is 13.1. The third kappa shape index (κ3) is 4.61. The van der Waals surface area contributed by atoms with Crippen LogP contribution in [0.5, 0.6) is 0 Å². The maximum absolute atomic E-state index is 11.7. The van der Waals surface area contributed by atoms with E-state index >= 15 is 0 Å². The van der Waals surface area contributed by atoms with Crippen LogP contribution in [-0.4, -0.2) is 55.7 Å². The molecule has 1 fully saturated rings. The average Bonchev–Trinajstić information content (AvgIpc) is 2.25. The van der Waals surface area contributed by atoms with Crippen LogP contribution >= 0.6 is 0 Å². The lowest BCUT2D eigenvalue weighted by atomic mass is 9.99. The van der Waals surface area contributed by atoms with Crippen molar-refractivity contribution < 1.29 is 18.3 Å². The van der Waals surface area contributed by atoms with Gasteiger partial charge in [0.1, 0.15) is 0 Å². The molecule has 1 amide bonds. The molecule has 1 aliphatic heterocycles. The minimum Gasteiger partial charge on any atom is -0.392 e. The van der Waals surface area contributed by atoms with Gasteiger partial charge in [0.05, 0.1) is 18.3 Å². The van der Waals surface area contributed by atoms with Gasteiger partial charge in [0, 0.05) is 19.6 Å². The number of aliphatic hydroxyl groups is 1. The predicted octanol–water partition coefficient (Wildman–Crippen LogP) is -0.845.